The molecule has 9 atom stereocenters. The number of likely N-dealkylation sites (N-methyl/N-ethyl adjacent to an activating group) is 1. The van der Waals surface area contributed by atoms with Gasteiger partial charge >= 0.3 is 0 Å². The van der Waals surface area contributed by atoms with E-state index in [-0.39, 0.29) is 42.5 Å². The van der Waals surface area contributed by atoms with Gasteiger partial charge in [-0.2, -0.15) is 5.06 Å². The Morgan fingerprint density at radius 2 is 1.81 bits per heavy atom. The molecule has 0 spiro atoms. The van der Waals surface area contributed by atoms with Crippen LogP contribution < -0.4 is 15.0 Å². The van der Waals surface area contributed by atoms with Gasteiger partial charge in [0.15, 0.2) is 0 Å². The van der Waals surface area contributed by atoms with E-state index in [1.165, 1.54) is 12.0 Å². The number of carbonyl (C=O) groups is 2. The minimum Gasteiger partial charge on any atom is -0.496 e. The Morgan fingerprint density at radius 3 is 2.46 bits per heavy atom. The van der Waals surface area contributed by atoms with E-state index in [4.69, 9.17) is 9.57 Å². The average Bonchev–Trinajstić information content (AvgIpc) is 3.57. The highest BCUT2D eigenvalue weighted by Crippen LogP contribution is 2.61. The first-order valence-corrected chi connectivity index (χ1v) is 20.8. The third-order valence-corrected chi connectivity index (χ3v) is 13.9. The number of hydrogen-bond donors (Lipinski definition) is 3. The lowest BCUT2D eigenvalue weighted by atomic mass is 9.45. The van der Waals surface area contributed by atoms with Gasteiger partial charge in [-0.05, 0) is 85.7 Å². The number of carbonyl (C=O) groups excluding carboxylic acids is 2. The molecule has 1 unspecified atom stereocenters. The average molecular weight is 782 g/mol. The second-order valence-corrected chi connectivity index (χ2v) is 18.0. The summed E-state index contributed by atoms with van der Waals surface area (Å²) >= 11 is 0. The molecule has 2 aliphatic heterocycles. The summed E-state index contributed by atoms with van der Waals surface area (Å²) in [5, 5.41) is 26.4. The van der Waals surface area contributed by atoms with Gasteiger partial charge in [0.05, 0.1) is 26.4 Å². The number of para-hydroxylation sites is 1. The van der Waals surface area contributed by atoms with Gasteiger partial charge in [0.25, 0.3) is 5.91 Å². The highest BCUT2D eigenvalue weighted by molar-refractivity contribution is 5.97. The number of aliphatic hydroxyl groups is 2. The molecule has 57 heavy (non-hydrogen) atoms. The fourth-order valence-electron chi connectivity index (χ4n) is 10.5. The zero-order valence-corrected chi connectivity index (χ0v) is 35.0. The van der Waals surface area contributed by atoms with Crippen molar-refractivity contribution in [3.63, 3.8) is 0 Å². The number of hydrogen-bond acceptors (Lipinski definition) is 9. The lowest BCUT2D eigenvalue weighted by Gasteiger charge is -2.62. The molecule has 0 aromatic heterocycles. The molecular weight excluding hydrogens is 719 g/mol. The smallest absolute Gasteiger partial charge is 0.254 e. The summed E-state index contributed by atoms with van der Waals surface area (Å²) in [5.41, 5.74) is 5.39. The maximum atomic E-state index is 14.5. The first kappa shape index (κ1) is 41.2. The van der Waals surface area contributed by atoms with E-state index in [9.17, 15) is 19.8 Å². The van der Waals surface area contributed by atoms with Crippen LogP contribution in [0.2, 0.25) is 0 Å². The number of benzene rings is 3. The molecule has 3 aromatic rings. The maximum absolute atomic E-state index is 14.5. The van der Waals surface area contributed by atoms with Gasteiger partial charge in [0.1, 0.15) is 17.9 Å². The van der Waals surface area contributed by atoms with E-state index in [0.29, 0.717) is 35.6 Å². The second kappa shape index (κ2) is 16.7. The fourth-order valence-corrected chi connectivity index (χ4v) is 10.5. The molecule has 11 nitrogen and oxygen atoms in total. The van der Waals surface area contributed by atoms with E-state index >= 15 is 0 Å². The van der Waals surface area contributed by atoms with Crippen LogP contribution in [0.1, 0.15) is 62.0 Å². The highest BCUT2D eigenvalue weighted by atomic mass is 16.7. The fraction of sp³-hybridized carbons (Fsp3) is 0.565. The Bertz CT molecular complexity index is 1900. The molecule has 0 radical (unpaired) electrons. The van der Waals surface area contributed by atoms with Crippen LogP contribution in [0, 0.1) is 29.1 Å². The molecule has 3 aliphatic carbocycles. The third-order valence-electron chi connectivity index (χ3n) is 13.9. The largest absolute Gasteiger partial charge is 0.496 e. The van der Waals surface area contributed by atoms with Crippen LogP contribution in [0.25, 0.3) is 11.1 Å². The number of nitrogens with one attached hydrogen (secondary N) is 1. The monoisotopic (exact) mass is 781 g/mol. The summed E-state index contributed by atoms with van der Waals surface area (Å²) < 4.78 is 6.15. The van der Waals surface area contributed by atoms with Gasteiger partial charge in [0.2, 0.25) is 5.91 Å². The summed E-state index contributed by atoms with van der Waals surface area (Å²) in [4.78, 5) is 41.5. The zero-order valence-electron chi connectivity index (χ0n) is 35.0. The quantitative estimate of drug-likeness (QED) is 0.231. The number of rotatable bonds is 12. The molecule has 2 amide bonds. The Balaban J connectivity index is 1.18. The van der Waals surface area contributed by atoms with Crippen LogP contribution in [0.3, 0.4) is 0 Å². The van der Waals surface area contributed by atoms with Crippen LogP contribution in [0.4, 0.5) is 5.69 Å². The van der Waals surface area contributed by atoms with E-state index in [1.54, 1.807) is 19.1 Å². The molecule has 3 aromatic carbocycles. The predicted octanol–water partition coefficient (Wildman–Crippen LogP) is 5.09. The normalized spacial score (nSPS) is 29.1. The number of amides is 2. The van der Waals surface area contributed by atoms with Gasteiger partial charge in [-0.25, -0.2) is 0 Å². The van der Waals surface area contributed by atoms with E-state index in [0.717, 1.165) is 48.3 Å². The summed E-state index contributed by atoms with van der Waals surface area (Å²) in [6.07, 6.45) is 1.26. The van der Waals surface area contributed by atoms with Crippen molar-refractivity contribution in [1.82, 2.24) is 20.2 Å². The molecule has 2 saturated heterocycles. The van der Waals surface area contributed by atoms with Crippen LogP contribution in [0.5, 0.6) is 5.75 Å². The van der Waals surface area contributed by atoms with Crippen LogP contribution >= 0.6 is 0 Å². The Kier molecular flexibility index (Phi) is 12.1. The number of anilines is 1. The molecule has 3 N–H and O–H groups in total. The highest BCUT2D eigenvalue weighted by Gasteiger charge is 2.57. The molecule has 5 aliphatic rings. The molecule has 2 bridgehead atoms. The summed E-state index contributed by atoms with van der Waals surface area (Å²) in [7, 11) is 7.68. The van der Waals surface area contributed by atoms with E-state index < -0.39 is 24.2 Å². The number of piperazine rings is 1. The van der Waals surface area contributed by atoms with Crippen LogP contribution in [-0.2, 0) is 22.6 Å². The van der Waals surface area contributed by atoms with Gasteiger partial charge in [-0.1, -0.05) is 69.3 Å². The van der Waals surface area contributed by atoms with E-state index in [2.05, 4.69) is 56.2 Å². The topological polar surface area (TPSA) is 118 Å². The second-order valence-electron chi connectivity index (χ2n) is 18.0. The number of fused-ring (bicyclic) bond motifs is 2. The lowest BCUT2D eigenvalue weighted by Crippen LogP contribution is -2.62. The Labute approximate surface area is 338 Å². The van der Waals surface area contributed by atoms with Gasteiger partial charge in [-0.3, -0.25) is 14.4 Å². The van der Waals surface area contributed by atoms with Gasteiger partial charge in [0, 0.05) is 74.1 Å². The summed E-state index contributed by atoms with van der Waals surface area (Å²) in [5.74, 6) is 1.22. The standard InChI is InChI=1S/C46H63N5O6/c1-28-38-23-34(46(38,3)4)24-39(28)47-44(54)42-41(29(2)53)40(27-52)57-51(42)25-31-15-12-16-37(43(31)56-8)32-20-33(22-35(21-32)48(5)6)45(55)50-18-17-49(7)26-36(50)19-30-13-10-9-11-14-30/h9-16,20-22,28-29,34,36,38-42,52-53H,17-19,23-27H2,1-8H3,(H,47,54)/t28-,29-,34-,36-,38+,39-,40-,41?,42-/m0/s1. The van der Waals surface area contributed by atoms with Crippen LogP contribution in [0.15, 0.2) is 66.7 Å². The third kappa shape index (κ3) is 8.06. The first-order valence-electron chi connectivity index (χ1n) is 20.8. The first-order chi connectivity index (χ1) is 27.2. The van der Waals surface area contributed by atoms with Gasteiger partial charge in [-0.15, -0.1) is 0 Å². The van der Waals surface area contributed by atoms with Crippen LogP contribution in [-0.4, -0.2) is 122 Å². The molecule has 11 heteroatoms. The van der Waals surface area contributed by atoms with E-state index in [1.807, 2.05) is 72.4 Å². The van der Waals surface area contributed by atoms with Crippen molar-refractivity contribution in [3.05, 3.63) is 83.4 Å². The van der Waals surface area contributed by atoms with Gasteiger partial charge < -0.3 is 35.0 Å². The zero-order chi connectivity index (χ0) is 40.8. The maximum Gasteiger partial charge on any atom is 0.254 e. The molecule has 3 saturated carbocycles. The van der Waals surface area contributed by atoms with Crippen molar-refractivity contribution in [2.24, 2.45) is 29.1 Å². The van der Waals surface area contributed by atoms with Crippen molar-refractivity contribution < 1.29 is 29.4 Å². The van der Waals surface area contributed by atoms with Crippen molar-refractivity contribution >= 4 is 17.5 Å². The SMILES string of the molecule is COc1c(CN2O[C@@H](CO)C([C@H](C)O)[C@H]2C(=O)N[C@H]2C[C@@H]3C[C@H]([C@@H]2C)C3(C)C)cccc1-c1cc(C(=O)N2CCN(C)C[C@@H]2Cc2ccccc2)cc(N(C)C)c1. The number of hydroxylamine groups is 2. The molecule has 8 rings (SSSR count). The Morgan fingerprint density at radius 1 is 1.05 bits per heavy atom. The number of nitrogens with zero attached hydrogens (tertiary/aromatic N) is 4. The number of methoxy groups -OCH3 is 1. The number of aliphatic hydroxyl groups excluding tert-OH is 2. The minimum absolute atomic E-state index is 0.00390. The number of ether oxygens (including phenoxy) is 1. The van der Waals surface area contributed by atoms with Crippen molar-refractivity contribution in [2.75, 3.05) is 59.4 Å². The van der Waals surface area contributed by atoms with Crippen molar-refractivity contribution in [1.29, 1.82) is 0 Å². The Hall–Kier alpha value is -4.00. The lowest BCUT2D eigenvalue weighted by molar-refractivity contribution is -0.183. The predicted molar refractivity (Wildman–Crippen MR) is 223 cm³/mol. The summed E-state index contributed by atoms with van der Waals surface area (Å²) in [6.45, 7) is 10.7. The molecular formula is C46H63N5O6. The summed E-state index contributed by atoms with van der Waals surface area (Å²) in [6, 6.07) is 21.5. The van der Waals surface area contributed by atoms with Crippen molar-refractivity contribution in [3.8, 4) is 16.9 Å². The minimum atomic E-state index is -0.899. The van der Waals surface area contributed by atoms with Crippen molar-refractivity contribution in [2.45, 2.75) is 83.8 Å². The molecule has 5 fully saturated rings. The molecule has 308 valence electrons. The molecule has 2 heterocycles.